The van der Waals surface area contributed by atoms with Crippen LogP contribution in [-0.4, -0.2) is 20.7 Å². The number of thioether (sulfide) groups is 1. The van der Waals surface area contributed by atoms with E-state index in [2.05, 4.69) is 25.1 Å². The van der Waals surface area contributed by atoms with Crippen LogP contribution in [0.4, 0.5) is 5.82 Å². The summed E-state index contributed by atoms with van der Waals surface area (Å²) < 4.78 is 1.51. The Hall–Kier alpha value is -0.840. The summed E-state index contributed by atoms with van der Waals surface area (Å²) in [6.07, 6.45) is 4.46. The summed E-state index contributed by atoms with van der Waals surface area (Å²) in [7, 11) is 0. The van der Waals surface area contributed by atoms with Gasteiger partial charge >= 0.3 is 0 Å². The van der Waals surface area contributed by atoms with Crippen molar-refractivity contribution in [1.29, 1.82) is 0 Å². The maximum atomic E-state index is 5.73. The standard InChI is InChI=1S/C8H16N4S/c1-8(2,13-3)4-6-7(9)12(10)5-11-6/h5H,4,9-10H2,1-3H3. The van der Waals surface area contributed by atoms with Crippen LogP contribution in [0.5, 0.6) is 0 Å². The van der Waals surface area contributed by atoms with Crippen molar-refractivity contribution in [2.45, 2.75) is 25.0 Å². The van der Waals surface area contributed by atoms with Gasteiger partial charge in [-0.1, -0.05) is 13.8 Å². The Kier molecular flexibility index (Phi) is 2.75. The molecular formula is C8H16N4S. The molecule has 0 aliphatic rings. The van der Waals surface area contributed by atoms with E-state index in [1.54, 1.807) is 18.1 Å². The summed E-state index contributed by atoms with van der Waals surface area (Å²) in [5.41, 5.74) is 6.61. The summed E-state index contributed by atoms with van der Waals surface area (Å²) in [5.74, 6) is 6.08. The van der Waals surface area contributed by atoms with Crippen LogP contribution in [0.25, 0.3) is 0 Å². The third kappa shape index (κ3) is 2.30. The predicted molar refractivity (Wildman–Crippen MR) is 58.1 cm³/mol. The van der Waals surface area contributed by atoms with Crippen LogP contribution in [0.2, 0.25) is 0 Å². The first-order valence-electron chi connectivity index (χ1n) is 4.08. The maximum Gasteiger partial charge on any atom is 0.145 e. The fourth-order valence-electron chi connectivity index (χ4n) is 1.02. The number of nitrogens with zero attached hydrogens (tertiary/aromatic N) is 2. The molecule has 0 atom stereocenters. The molecule has 4 nitrogen and oxygen atoms in total. The Labute approximate surface area is 82.7 Å². The van der Waals surface area contributed by atoms with Gasteiger partial charge in [-0.15, -0.1) is 0 Å². The highest BCUT2D eigenvalue weighted by atomic mass is 32.2. The summed E-state index contributed by atoms with van der Waals surface area (Å²) in [6.45, 7) is 4.32. The Bertz CT molecular complexity index is 292. The van der Waals surface area contributed by atoms with Crippen molar-refractivity contribution >= 4 is 17.6 Å². The van der Waals surface area contributed by atoms with Gasteiger partial charge in [0.15, 0.2) is 0 Å². The second-order valence-corrected chi connectivity index (χ2v) is 5.14. The van der Waals surface area contributed by atoms with Gasteiger partial charge in [0.2, 0.25) is 0 Å². The van der Waals surface area contributed by atoms with Crippen molar-refractivity contribution in [2.75, 3.05) is 17.8 Å². The van der Waals surface area contributed by atoms with Crippen LogP contribution in [0.1, 0.15) is 19.5 Å². The minimum Gasteiger partial charge on any atom is -0.382 e. The molecule has 74 valence electrons. The van der Waals surface area contributed by atoms with Gasteiger partial charge in [-0.25, -0.2) is 9.66 Å². The normalized spacial score (nSPS) is 11.9. The van der Waals surface area contributed by atoms with Crippen LogP contribution in [0.15, 0.2) is 6.33 Å². The molecule has 0 amide bonds. The number of aromatic nitrogens is 2. The van der Waals surface area contributed by atoms with Gasteiger partial charge in [0.05, 0.1) is 5.69 Å². The van der Waals surface area contributed by atoms with Crippen LogP contribution >= 0.6 is 11.8 Å². The Morgan fingerprint density at radius 1 is 1.62 bits per heavy atom. The molecule has 0 bridgehead atoms. The monoisotopic (exact) mass is 200 g/mol. The van der Waals surface area contributed by atoms with E-state index < -0.39 is 0 Å². The molecule has 13 heavy (non-hydrogen) atoms. The molecule has 0 radical (unpaired) electrons. The van der Waals surface area contributed by atoms with Crippen molar-refractivity contribution < 1.29 is 0 Å². The Morgan fingerprint density at radius 2 is 2.23 bits per heavy atom. The molecule has 0 saturated heterocycles. The number of nitrogen functional groups attached to an aromatic ring is 2. The second-order valence-electron chi connectivity index (χ2n) is 3.62. The van der Waals surface area contributed by atoms with Gasteiger partial charge in [0.25, 0.3) is 0 Å². The third-order valence-electron chi connectivity index (χ3n) is 2.06. The molecule has 0 saturated carbocycles. The largest absolute Gasteiger partial charge is 0.382 e. The van der Waals surface area contributed by atoms with E-state index >= 15 is 0 Å². The van der Waals surface area contributed by atoms with Crippen molar-refractivity contribution in [3.8, 4) is 0 Å². The van der Waals surface area contributed by atoms with Crippen molar-refractivity contribution in [3.05, 3.63) is 12.0 Å². The molecule has 1 rings (SSSR count). The van der Waals surface area contributed by atoms with E-state index in [0.29, 0.717) is 5.82 Å². The molecule has 5 heteroatoms. The highest BCUT2D eigenvalue weighted by Crippen LogP contribution is 2.27. The summed E-state index contributed by atoms with van der Waals surface area (Å²) in [5, 5.41) is 0. The van der Waals surface area contributed by atoms with E-state index in [4.69, 9.17) is 11.6 Å². The first-order chi connectivity index (χ1) is 5.96. The second kappa shape index (κ2) is 3.49. The lowest BCUT2D eigenvalue weighted by atomic mass is 10.1. The van der Waals surface area contributed by atoms with Gasteiger partial charge < -0.3 is 11.6 Å². The van der Waals surface area contributed by atoms with Gasteiger partial charge in [0, 0.05) is 11.2 Å². The predicted octanol–water partition coefficient (Wildman–Crippen LogP) is 0.863. The number of nitrogens with two attached hydrogens (primary N) is 2. The van der Waals surface area contributed by atoms with E-state index in [0.717, 1.165) is 12.1 Å². The lowest BCUT2D eigenvalue weighted by Crippen LogP contribution is -2.19. The van der Waals surface area contributed by atoms with Gasteiger partial charge in [-0.05, 0) is 6.26 Å². The number of anilines is 1. The molecular weight excluding hydrogens is 184 g/mol. The zero-order valence-corrected chi connectivity index (χ0v) is 9.06. The molecule has 4 N–H and O–H groups in total. The first-order valence-corrected chi connectivity index (χ1v) is 5.30. The van der Waals surface area contributed by atoms with Crippen molar-refractivity contribution in [3.63, 3.8) is 0 Å². The smallest absolute Gasteiger partial charge is 0.145 e. The average Bonchev–Trinajstić information content (AvgIpc) is 2.36. The number of hydrogen-bond acceptors (Lipinski definition) is 4. The van der Waals surface area contributed by atoms with Crippen LogP contribution < -0.4 is 11.6 Å². The summed E-state index contributed by atoms with van der Waals surface area (Å²) >= 11 is 1.79. The minimum atomic E-state index is 0.155. The summed E-state index contributed by atoms with van der Waals surface area (Å²) in [4.78, 5) is 4.15. The highest BCUT2D eigenvalue weighted by molar-refractivity contribution is 7.99. The lowest BCUT2D eigenvalue weighted by Gasteiger charge is -2.20. The molecule has 0 unspecified atom stereocenters. The minimum absolute atomic E-state index is 0.155. The quantitative estimate of drug-likeness (QED) is 0.710. The summed E-state index contributed by atoms with van der Waals surface area (Å²) in [6, 6.07) is 0. The Morgan fingerprint density at radius 3 is 2.62 bits per heavy atom. The van der Waals surface area contributed by atoms with Crippen molar-refractivity contribution in [2.24, 2.45) is 0 Å². The van der Waals surface area contributed by atoms with E-state index in [1.165, 1.54) is 4.68 Å². The highest BCUT2D eigenvalue weighted by Gasteiger charge is 2.20. The number of hydrogen-bond donors (Lipinski definition) is 2. The number of imidazole rings is 1. The molecule has 1 heterocycles. The first kappa shape index (κ1) is 10.2. The van der Waals surface area contributed by atoms with Gasteiger partial charge in [0.1, 0.15) is 12.1 Å². The molecule has 0 fully saturated rings. The molecule has 0 aliphatic carbocycles. The molecule has 1 aromatic heterocycles. The third-order valence-corrected chi connectivity index (χ3v) is 3.31. The van der Waals surface area contributed by atoms with E-state index in [1.807, 2.05) is 0 Å². The lowest BCUT2D eigenvalue weighted by molar-refractivity contribution is 0.699. The van der Waals surface area contributed by atoms with Crippen LogP contribution in [0, 0.1) is 0 Å². The zero-order chi connectivity index (χ0) is 10.1. The van der Waals surface area contributed by atoms with Crippen LogP contribution in [0.3, 0.4) is 0 Å². The van der Waals surface area contributed by atoms with Gasteiger partial charge in [-0.3, -0.25) is 0 Å². The van der Waals surface area contributed by atoms with E-state index in [-0.39, 0.29) is 4.75 Å². The molecule has 0 spiro atoms. The van der Waals surface area contributed by atoms with E-state index in [9.17, 15) is 0 Å². The fourth-order valence-corrected chi connectivity index (χ4v) is 1.30. The Balaban J connectivity index is 2.80. The average molecular weight is 200 g/mol. The molecule has 0 aromatic carbocycles. The zero-order valence-electron chi connectivity index (χ0n) is 8.24. The molecule has 1 aromatic rings. The topological polar surface area (TPSA) is 69.9 Å². The van der Waals surface area contributed by atoms with Gasteiger partial charge in [-0.2, -0.15) is 11.8 Å². The fraction of sp³-hybridized carbons (Fsp3) is 0.625. The van der Waals surface area contributed by atoms with Crippen molar-refractivity contribution in [1.82, 2.24) is 9.66 Å². The SMILES string of the molecule is CSC(C)(C)Cc1ncn(N)c1N. The van der Waals surface area contributed by atoms with Crippen LogP contribution in [-0.2, 0) is 6.42 Å². The maximum absolute atomic E-state index is 5.73. The number of rotatable bonds is 3. The molecule has 0 aliphatic heterocycles.